The Hall–Kier alpha value is -2.63. The first-order valence-corrected chi connectivity index (χ1v) is 8.58. The van der Waals surface area contributed by atoms with Crippen molar-refractivity contribution in [1.29, 1.82) is 0 Å². The lowest BCUT2D eigenvalue weighted by molar-refractivity contribution is 0.0787. The maximum Gasteiger partial charge on any atom is 0.273 e. The molecular weight excluding hydrogens is 316 g/mol. The molecule has 6 heteroatoms. The van der Waals surface area contributed by atoms with Crippen LogP contribution in [-0.2, 0) is 6.42 Å². The zero-order chi connectivity index (χ0) is 18.1. The number of hydrogen-bond acceptors (Lipinski definition) is 5. The summed E-state index contributed by atoms with van der Waals surface area (Å²) in [4.78, 5) is 22.4. The zero-order valence-electron chi connectivity index (χ0n) is 15.2. The van der Waals surface area contributed by atoms with Crippen LogP contribution in [0.4, 0.5) is 5.82 Å². The molecule has 0 fully saturated rings. The van der Waals surface area contributed by atoms with E-state index < -0.39 is 0 Å². The second-order valence-electron chi connectivity index (χ2n) is 5.90. The fourth-order valence-electron chi connectivity index (χ4n) is 2.39. The van der Waals surface area contributed by atoms with Gasteiger partial charge in [0, 0.05) is 20.1 Å². The maximum atomic E-state index is 12.2. The number of amides is 1. The van der Waals surface area contributed by atoms with E-state index in [-0.39, 0.29) is 5.91 Å². The van der Waals surface area contributed by atoms with Gasteiger partial charge >= 0.3 is 0 Å². The van der Waals surface area contributed by atoms with Crippen LogP contribution in [0.2, 0.25) is 0 Å². The lowest BCUT2D eigenvalue weighted by atomic mass is 10.1. The molecule has 25 heavy (non-hydrogen) atoms. The molecule has 2 rings (SSSR count). The summed E-state index contributed by atoms with van der Waals surface area (Å²) in [5, 5.41) is 3.22. The van der Waals surface area contributed by atoms with Gasteiger partial charge in [-0.05, 0) is 30.5 Å². The Morgan fingerprint density at radius 1 is 1.28 bits per heavy atom. The van der Waals surface area contributed by atoms with Crippen LogP contribution in [0.5, 0.6) is 5.75 Å². The molecule has 1 N–H and O–H groups in total. The molecule has 0 bridgehead atoms. The van der Waals surface area contributed by atoms with Gasteiger partial charge in [0.25, 0.3) is 5.91 Å². The van der Waals surface area contributed by atoms with E-state index in [0.29, 0.717) is 11.5 Å². The van der Waals surface area contributed by atoms with Crippen molar-refractivity contribution in [2.45, 2.75) is 26.2 Å². The molecule has 1 aromatic carbocycles. The molecule has 0 saturated carbocycles. The SMILES string of the molecule is CCCCN(C)C(=O)c1cnc(NCCc2cccc(OC)c2)cn1. The van der Waals surface area contributed by atoms with Crippen LogP contribution >= 0.6 is 0 Å². The Balaban J connectivity index is 1.84. The molecule has 1 heterocycles. The van der Waals surface area contributed by atoms with Gasteiger partial charge in [-0.2, -0.15) is 0 Å². The summed E-state index contributed by atoms with van der Waals surface area (Å²) < 4.78 is 5.22. The number of hydrogen-bond donors (Lipinski definition) is 1. The highest BCUT2D eigenvalue weighted by Crippen LogP contribution is 2.13. The normalized spacial score (nSPS) is 10.4. The van der Waals surface area contributed by atoms with E-state index in [2.05, 4.69) is 28.3 Å². The second-order valence-corrected chi connectivity index (χ2v) is 5.90. The average Bonchev–Trinajstić information content (AvgIpc) is 2.66. The minimum absolute atomic E-state index is 0.0936. The Bertz CT molecular complexity index is 673. The van der Waals surface area contributed by atoms with E-state index >= 15 is 0 Å². The Morgan fingerprint density at radius 3 is 2.80 bits per heavy atom. The van der Waals surface area contributed by atoms with Crippen molar-refractivity contribution < 1.29 is 9.53 Å². The number of nitrogens with zero attached hydrogens (tertiary/aromatic N) is 3. The van der Waals surface area contributed by atoms with Gasteiger partial charge in [-0.15, -0.1) is 0 Å². The number of benzene rings is 1. The number of aromatic nitrogens is 2. The monoisotopic (exact) mass is 342 g/mol. The molecule has 1 aromatic heterocycles. The minimum atomic E-state index is -0.0936. The molecule has 134 valence electrons. The lowest BCUT2D eigenvalue weighted by Gasteiger charge is -2.16. The predicted octanol–water partition coefficient (Wildman–Crippen LogP) is 3.01. The Morgan fingerprint density at radius 2 is 2.12 bits per heavy atom. The first-order valence-electron chi connectivity index (χ1n) is 8.58. The van der Waals surface area contributed by atoms with E-state index in [1.807, 2.05) is 18.2 Å². The molecule has 0 aliphatic carbocycles. The number of ether oxygens (including phenoxy) is 1. The van der Waals surface area contributed by atoms with Crippen LogP contribution in [0.3, 0.4) is 0 Å². The molecule has 0 spiro atoms. The summed E-state index contributed by atoms with van der Waals surface area (Å²) in [6.45, 7) is 3.56. The van der Waals surface area contributed by atoms with Gasteiger partial charge in [-0.3, -0.25) is 4.79 Å². The van der Waals surface area contributed by atoms with Crippen molar-refractivity contribution in [3.05, 3.63) is 47.9 Å². The molecule has 0 aliphatic heterocycles. The fraction of sp³-hybridized carbons (Fsp3) is 0.421. The smallest absolute Gasteiger partial charge is 0.273 e. The number of nitrogens with one attached hydrogen (secondary N) is 1. The van der Waals surface area contributed by atoms with Crippen LogP contribution in [0.25, 0.3) is 0 Å². The summed E-state index contributed by atoms with van der Waals surface area (Å²) in [6.07, 6.45) is 6.02. The highest BCUT2D eigenvalue weighted by molar-refractivity contribution is 5.91. The van der Waals surface area contributed by atoms with E-state index in [9.17, 15) is 4.79 Å². The summed E-state index contributed by atoms with van der Waals surface area (Å²) in [6, 6.07) is 7.98. The van der Waals surface area contributed by atoms with Gasteiger partial charge in [0.15, 0.2) is 0 Å². The number of unbranched alkanes of at least 4 members (excludes halogenated alkanes) is 1. The van der Waals surface area contributed by atoms with E-state index in [0.717, 1.165) is 38.1 Å². The summed E-state index contributed by atoms with van der Waals surface area (Å²) in [7, 11) is 3.45. The van der Waals surface area contributed by atoms with Crippen LogP contribution in [0.1, 0.15) is 35.8 Å². The van der Waals surface area contributed by atoms with Gasteiger partial charge in [0.2, 0.25) is 0 Å². The van der Waals surface area contributed by atoms with Crippen molar-refractivity contribution >= 4 is 11.7 Å². The van der Waals surface area contributed by atoms with Crippen molar-refractivity contribution in [3.63, 3.8) is 0 Å². The third-order valence-electron chi connectivity index (χ3n) is 3.92. The van der Waals surface area contributed by atoms with Gasteiger partial charge in [0.05, 0.1) is 19.5 Å². The van der Waals surface area contributed by atoms with Crippen molar-refractivity contribution in [2.75, 3.05) is 32.6 Å². The number of anilines is 1. The number of carbonyl (C=O) groups is 1. The summed E-state index contributed by atoms with van der Waals surface area (Å²) in [5.74, 6) is 1.42. The Kier molecular flexibility index (Phi) is 7.19. The van der Waals surface area contributed by atoms with Gasteiger partial charge < -0.3 is 15.0 Å². The second kappa shape index (κ2) is 9.61. The lowest BCUT2D eigenvalue weighted by Crippen LogP contribution is -2.28. The first-order chi connectivity index (χ1) is 12.1. The zero-order valence-corrected chi connectivity index (χ0v) is 15.2. The highest BCUT2D eigenvalue weighted by atomic mass is 16.5. The van der Waals surface area contributed by atoms with Gasteiger partial charge in [-0.25, -0.2) is 9.97 Å². The molecule has 2 aromatic rings. The van der Waals surface area contributed by atoms with E-state index in [1.54, 1.807) is 25.3 Å². The minimum Gasteiger partial charge on any atom is -0.497 e. The largest absolute Gasteiger partial charge is 0.497 e. The summed E-state index contributed by atoms with van der Waals surface area (Å²) >= 11 is 0. The average molecular weight is 342 g/mol. The van der Waals surface area contributed by atoms with Crippen LogP contribution < -0.4 is 10.1 Å². The molecule has 1 amide bonds. The van der Waals surface area contributed by atoms with E-state index in [4.69, 9.17) is 4.74 Å². The van der Waals surface area contributed by atoms with E-state index in [1.165, 1.54) is 11.8 Å². The highest BCUT2D eigenvalue weighted by Gasteiger charge is 2.12. The third kappa shape index (κ3) is 5.74. The number of carbonyl (C=O) groups excluding carboxylic acids is 1. The topological polar surface area (TPSA) is 67.4 Å². The molecular formula is C19H26N4O2. The van der Waals surface area contributed by atoms with Crippen LogP contribution in [0.15, 0.2) is 36.7 Å². The van der Waals surface area contributed by atoms with Crippen molar-refractivity contribution in [1.82, 2.24) is 14.9 Å². The third-order valence-corrected chi connectivity index (χ3v) is 3.92. The Labute approximate surface area is 149 Å². The maximum absolute atomic E-state index is 12.2. The number of methoxy groups -OCH3 is 1. The predicted molar refractivity (Wildman–Crippen MR) is 99.1 cm³/mol. The van der Waals surface area contributed by atoms with Crippen LogP contribution in [-0.4, -0.2) is 48.0 Å². The van der Waals surface area contributed by atoms with Crippen molar-refractivity contribution in [3.8, 4) is 5.75 Å². The molecule has 6 nitrogen and oxygen atoms in total. The fourth-order valence-corrected chi connectivity index (χ4v) is 2.39. The van der Waals surface area contributed by atoms with Gasteiger partial charge in [0.1, 0.15) is 17.3 Å². The number of rotatable bonds is 9. The standard InChI is InChI=1S/C19H26N4O2/c1-4-5-11-23(2)19(24)17-13-22-18(14-21-17)20-10-9-15-7-6-8-16(12-15)25-3/h6-8,12-14H,4-5,9-11H2,1-3H3,(H,20,22). The van der Waals surface area contributed by atoms with Crippen molar-refractivity contribution in [2.24, 2.45) is 0 Å². The molecule has 0 radical (unpaired) electrons. The summed E-state index contributed by atoms with van der Waals surface area (Å²) in [5.41, 5.74) is 1.56. The molecule has 0 atom stereocenters. The molecule has 0 saturated heterocycles. The molecule has 0 unspecified atom stereocenters. The van der Waals surface area contributed by atoms with Crippen LogP contribution in [0, 0.1) is 0 Å². The molecule has 0 aliphatic rings. The first kappa shape index (κ1) is 18.7. The quantitative estimate of drug-likeness (QED) is 0.759. The van der Waals surface area contributed by atoms with Gasteiger partial charge in [-0.1, -0.05) is 25.5 Å².